The van der Waals surface area contributed by atoms with Crippen molar-refractivity contribution < 1.29 is 19.1 Å². The minimum Gasteiger partial charge on any atom is -0.466 e. The molecule has 0 aromatic rings. The van der Waals surface area contributed by atoms with E-state index in [1.807, 2.05) is 6.92 Å². The standard InChI is InChI=1S/C12H20O4/c1-2-7-16-12(14)4-3-11(13)10-5-8-15-9-6-10/h10H,2-9H2,1H3. The highest BCUT2D eigenvalue weighted by Gasteiger charge is 2.21. The van der Waals surface area contributed by atoms with Crippen LogP contribution in [0.4, 0.5) is 0 Å². The van der Waals surface area contributed by atoms with Gasteiger partial charge in [-0.3, -0.25) is 9.59 Å². The largest absolute Gasteiger partial charge is 0.466 e. The molecule has 0 saturated carbocycles. The number of esters is 1. The van der Waals surface area contributed by atoms with E-state index < -0.39 is 0 Å². The normalized spacial score (nSPS) is 17.1. The van der Waals surface area contributed by atoms with E-state index in [1.54, 1.807) is 0 Å². The molecule has 0 spiro atoms. The Morgan fingerprint density at radius 1 is 1.25 bits per heavy atom. The lowest BCUT2D eigenvalue weighted by Gasteiger charge is -2.20. The Labute approximate surface area is 96.3 Å². The Hall–Kier alpha value is -0.900. The molecule has 1 heterocycles. The molecule has 1 fully saturated rings. The highest BCUT2D eigenvalue weighted by molar-refractivity contribution is 5.84. The molecule has 0 amide bonds. The Morgan fingerprint density at radius 2 is 1.94 bits per heavy atom. The van der Waals surface area contributed by atoms with Gasteiger partial charge in [-0.05, 0) is 19.3 Å². The predicted molar refractivity (Wildman–Crippen MR) is 59.0 cm³/mol. The van der Waals surface area contributed by atoms with Gasteiger partial charge in [0.15, 0.2) is 0 Å². The molecule has 1 rings (SSSR count). The summed E-state index contributed by atoms with van der Waals surface area (Å²) in [6.07, 6.45) is 2.94. The summed E-state index contributed by atoms with van der Waals surface area (Å²) in [6, 6.07) is 0. The van der Waals surface area contributed by atoms with E-state index in [4.69, 9.17) is 9.47 Å². The molecule has 4 heteroatoms. The summed E-state index contributed by atoms with van der Waals surface area (Å²) < 4.78 is 10.1. The number of hydrogen-bond acceptors (Lipinski definition) is 4. The number of ether oxygens (including phenoxy) is 2. The molecule has 0 aromatic carbocycles. The topological polar surface area (TPSA) is 52.6 Å². The summed E-state index contributed by atoms with van der Waals surface area (Å²) in [5.74, 6) is 0.00623. The Balaban J connectivity index is 2.15. The number of Topliss-reactive ketones (excluding diaryl/α,β-unsaturated/α-hetero) is 1. The quantitative estimate of drug-likeness (QED) is 0.649. The fourth-order valence-electron chi connectivity index (χ4n) is 1.74. The third-order valence-electron chi connectivity index (χ3n) is 2.72. The van der Waals surface area contributed by atoms with Gasteiger partial charge in [-0.2, -0.15) is 0 Å². The Kier molecular flexibility index (Phi) is 6.08. The molecule has 0 radical (unpaired) electrons. The van der Waals surface area contributed by atoms with Crippen LogP contribution in [0.2, 0.25) is 0 Å². The van der Waals surface area contributed by atoms with Crippen LogP contribution in [0.5, 0.6) is 0 Å². The summed E-state index contributed by atoms with van der Waals surface area (Å²) in [6.45, 7) is 3.72. The molecule has 0 unspecified atom stereocenters. The molecule has 1 aliphatic rings. The second kappa shape index (κ2) is 7.39. The van der Waals surface area contributed by atoms with Crippen molar-refractivity contribution in [1.82, 2.24) is 0 Å². The lowest BCUT2D eigenvalue weighted by atomic mass is 9.93. The average Bonchev–Trinajstić information content (AvgIpc) is 2.34. The van der Waals surface area contributed by atoms with E-state index >= 15 is 0 Å². The first-order valence-electron chi connectivity index (χ1n) is 6.00. The molecule has 16 heavy (non-hydrogen) atoms. The fraction of sp³-hybridized carbons (Fsp3) is 0.833. The van der Waals surface area contributed by atoms with Gasteiger partial charge >= 0.3 is 5.97 Å². The second-order valence-corrected chi connectivity index (χ2v) is 4.07. The van der Waals surface area contributed by atoms with E-state index in [1.165, 1.54) is 0 Å². The maximum absolute atomic E-state index is 11.7. The van der Waals surface area contributed by atoms with Crippen LogP contribution in [0.25, 0.3) is 0 Å². The second-order valence-electron chi connectivity index (χ2n) is 4.07. The minimum atomic E-state index is -0.262. The predicted octanol–water partition coefficient (Wildman–Crippen LogP) is 1.72. The number of rotatable bonds is 6. The molecule has 92 valence electrons. The van der Waals surface area contributed by atoms with Crippen molar-refractivity contribution >= 4 is 11.8 Å². The average molecular weight is 228 g/mol. The minimum absolute atomic E-state index is 0.0905. The lowest BCUT2D eigenvalue weighted by Crippen LogP contribution is -2.24. The van der Waals surface area contributed by atoms with Gasteiger partial charge in [-0.1, -0.05) is 6.92 Å². The van der Waals surface area contributed by atoms with Crippen LogP contribution in [-0.4, -0.2) is 31.6 Å². The molecular weight excluding hydrogens is 208 g/mol. The van der Waals surface area contributed by atoms with Gasteiger partial charge in [0.25, 0.3) is 0 Å². The van der Waals surface area contributed by atoms with Crippen LogP contribution in [0, 0.1) is 5.92 Å². The number of carbonyl (C=O) groups is 2. The monoisotopic (exact) mass is 228 g/mol. The van der Waals surface area contributed by atoms with Crippen molar-refractivity contribution in [3.63, 3.8) is 0 Å². The van der Waals surface area contributed by atoms with Crippen LogP contribution >= 0.6 is 0 Å². The van der Waals surface area contributed by atoms with Crippen molar-refractivity contribution in [1.29, 1.82) is 0 Å². The van der Waals surface area contributed by atoms with Gasteiger partial charge in [0, 0.05) is 25.6 Å². The van der Waals surface area contributed by atoms with E-state index in [0.717, 1.165) is 19.3 Å². The van der Waals surface area contributed by atoms with Crippen molar-refractivity contribution in [3.8, 4) is 0 Å². The summed E-state index contributed by atoms with van der Waals surface area (Å²) in [5, 5.41) is 0. The fourth-order valence-corrected chi connectivity index (χ4v) is 1.74. The van der Waals surface area contributed by atoms with Crippen molar-refractivity contribution in [3.05, 3.63) is 0 Å². The molecule has 0 N–H and O–H groups in total. The SMILES string of the molecule is CCCOC(=O)CCC(=O)C1CCOCC1. The van der Waals surface area contributed by atoms with Crippen LogP contribution in [0.15, 0.2) is 0 Å². The first-order valence-corrected chi connectivity index (χ1v) is 6.00. The lowest BCUT2D eigenvalue weighted by molar-refractivity contribution is -0.145. The molecular formula is C12H20O4. The highest BCUT2D eigenvalue weighted by atomic mass is 16.5. The zero-order chi connectivity index (χ0) is 11.8. The van der Waals surface area contributed by atoms with Gasteiger partial charge in [0.2, 0.25) is 0 Å². The van der Waals surface area contributed by atoms with Gasteiger partial charge in [-0.25, -0.2) is 0 Å². The zero-order valence-electron chi connectivity index (χ0n) is 9.87. The van der Waals surface area contributed by atoms with E-state index in [2.05, 4.69) is 0 Å². The summed E-state index contributed by atoms with van der Waals surface area (Å²) in [4.78, 5) is 22.9. The maximum atomic E-state index is 11.7. The smallest absolute Gasteiger partial charge is 0.306 e. The van der Waals surface area contributed by atoms with Crippen LogP contribution in [-0.2, 0) is 19.1 Å². The van der Waals surface area contributed by atoms with Crippen LogP contribution < -0.4 is 0 Å². The van der Waals surface area contributed by atoms with Gasteiger partial charge < -0.3 is 9.47 Å². The van der Waals surface area contributed by atoms with E-state index in [0.29, 0.717) is 26.2 Å². The molecule has 0 aliphatic carbocycles. The van der Waals surface area contributed by atoms with Crippen molar-refractivity contribution in [2.45, 2.75) is 39.0 Å². The number of hydrogen-bond donors (Lipinski definition) is 0. The van der Waals surface area contributed by atoms with Gasteiger partial charge in [0.05, 0.1) is 13.0 Å². The summed E-state index contributed by atoms with van der Waals surface area (Å²) in [5.41, 5.74) is 0. The molecule has 4 nitrogen and oxygen atoms in total. The molecule has 0 aromatic heterocycles. The number of ketones is 1. The van der Waals surface area contributed by atoms with Crippen LogP contribution in [0.1, 0.15) is 39.0 Å². The van der Waals surface area contributed by atoms with Gasteiger partial charge in [0.1, 0.15) is 5.78 Å². The molecule has 0 bridgehead atoms. The third kappa shape index (κ3) is 4.75. The molecule has 1 saturated heterocycles. The first-order chi connectivity index (χ1) is 7.74. The maximum Gasteiger partial charge on any atom is 0.306 e. The summed E-state index contributed by atoms with van der Waals surface area (Å²) in [7, 11) is 0. The van der Waals surface area contributed by atoms with Crippen molar-refractivity contribution in [2.75, 3.05) is 19.8 Å². The Bertz CT molecular complexity index is 231. The first kappa shape index (κ1) is 13.2. The van der Waals surface area contributed by atoms with E-state index in [-0.39, 0.29) is 24.1 Å². The highest BCUT2D eigenvalue weighted by Crippen LogP contribution is 2.17. The van der Waals surface area contributed by atoms with E-state index in [9.17, 15) is 9.59 Å². The number of carbonyl (C=O) groups excluding carboxylic acids is 2. The molecule has 1 aliphatic heterocycles. The van der Waals surface area contributed by atoms with Crippen LogP contribution in [0.3, 0.4) is 0 Å². The third-order valence-corrected chi connectivity index (χ3v) is 2.72. The Morgan fingerprint density at radius 3 is 2.56 bits per heavy atom. The summed E-state index contributed by atoms with van der Waals surface area (Å²) >= 11 is 0. The van der Waals surface area contributed by atoms with Crippen molar-refractivity contribution in [2.24, 2.45) is 5.92 Å². The zero-order valence-corrected chi connectivity index (χ0v) is 9.87. The molecule has 0 atom stereocenters. The van der Waals surface area contributed by atoms with Gasteiger partial charge in [-0.15, -0.1) is 0 Å².